The van der Waals surface area contributed by atoms with Crippen LogP contribution in [-0.4, -0.2) is 34.7 Å². The van der Waals surface area contributed by atoms with Crippen molar-refractivity contribution in [3.8, 4) is 5.88 Å². The molecule has 7 nitrogen and oxygen atoms in total. The average molecular weight is 403 g/mol. The molecule has 3 aromatic rings. The van der Waals surface area contributed by atoms with Crippen LogP contribution in [0, 0.1) is 0 Å². The van der Waals surface area contributed by atoms with Crippen molar-refractivity contribution in [1.29, 1.82) is 0 Å². The van der Waals surface area contributed by atoms with Gasteiger partial charge in [0.1, 0.15) is 0 Å². The number of nitrogens with zero attached hydrogens (tertiary/aromatic N) is 4. The summed E-state index contributed by atoms with van der Waals surface area (Å²) in [4.78, 5) is 17.1. The molecule has 128 valence electrons. The summed E-state index contributed by atoms with van der Waals surface area (Å²) in [6, 6.07) is 8.77. The van der Waals surface area contributed by atoms with Crippen LogP contribution in [-0.2, 0) is 6.67 Å². The number of hydrogen-bond acceptors (Lipinski definition) is 4. The highest BCUT2D eigenvalue weighted by Crippen LogP contribution is 2.39. The number of azo groups is 1. The fourth-order valence-corrected chi connectivity index (χ4v) is 2.88. The number of pyridine rings is 1. The van der Waals surface area contributed by atoms with Crippen LogP contribution in [0.2, 0.25) is 0 Å². The third kappa shape index (κ3) is 3.59. The molecule has 8 heteroatoms. The van der Waals surface area contributed by atoms with Crippen molar-refractivity contribution in [1.82, 2.24) is 9.55 Å². The molecule has 0 unspecified atom stereocenters. The van der Waals surface area contributed by atoms with Gasteiger partial charge in [-0.25, -0.2) is 0 Å². The summed E-state index contributed by atoms with van der Waals surface area (Å²) in [5, 5.41) is 19.1. The van der Waals surface area contributed by atoms with E-state index < -0.39 is 5.91 Å². The zero-order valence-electron chi connectivity index (χ0n) is 13.8. The Morgan fingerprint density at radius 1 is 1.28 bits per heavy atom. The van der Waals surface area contributed by atoms with Gasteiger partial charge in [0, 0.05) is 27.8 Å². The molecule has 2 N–H and O–H groups in total. The number of nitrogens with one attached hydrogen (secondary N) is 1. The van der Waals surface area contributed by atoms with Crippen molar-refractivity contribution in [2.45, 2.75) is 6.67 Å². The highest BCUT2D eigenvalue weighted by atomic mass is 79.9. The van der Waals surface area contributed by atoms with E-state index >= 15 is 0 Å². The van der Waals surface area contributed by atoms with E-state index in [4.69, 9.17) is 0 Å². The number of carbonyl (C=O) groups excluding carboxylic acids is 1. The molecule has 0 saturated heterocycles. The molecule has 1 amide bonds. The Bertz CT molecular complexity index is 951. The molecule has 0 aliphatic carbocycles. The van der Waals surface area contributed by atoms with Gasteiger partial charge in [-0.3, -0.25) is 14.3 Å². The second-order valence-corrected chi connectivity index (χ2v) is 6.78. The zero-order valence-corrected chi connectivity index (χ0v) is 15.4. The van der Waals surface area contributed by atoms with Crippen LogP contribution in [0.15, 0.2) is 57.4 Å². The van der Waals surface area contributed by atoms with Gasteiger partial charge < -0.3 is 10.0 Å². The highest BCUT2D eigenvalue weighted by molar-refractivity contribution is 9.10. The smallest absolute Gasteiger partial charge is 0.295 e. The van der Waals surface area contributed by atoms with Crippen LogP contribution in [0.5, 0.6) is 5.88 Å². The summed E-state index contributed by atoms with van der Waals surface area (Å²) in [5.41, 5.74) is 1.49. The Kier molecular flexibility index (Phi) is 4.91. The maximum absolute atomic E-state index is 12.1. The Labute approximate surface area is 152 Å². The van der Waals surface area contributed by atoms with E-state index in [1.807, 2.05) is 32.3 Å². The van der Waals surface area contributed by atoms with Crippen LogP contribution in [0.1, 0.15) is 10.4 Å². The Balaban J connectivity index is 2.06. The van der Waals surface area contributed by atoms with Crippen LogP contribution < -0.4 is 4.90 Å². The molecule has 2 heterocycles. The van der Waals surface area contributed by atoms with Gasteiger partial charge in [0.2, 0.25) is 5.88 Å². The number of aromatic nitrogens is 2. The maximum atomic E-state index is 12.1. The predicted molar refractivity (Wildman–Crippen MR) is 97.2 cm³/mol. The lowest BCUT2D eigenvalue weighted by Gasteiger charge is -2.10. The topological polar surface area (TPSA) is 84.3 Å². The van der Waals surface area contributed by atoms with E-state index in [0.29, 0.717) is 12.2 Å². The molecular weight excluding hydrogens is 386 g/mol. The summed E-state index contributed by atoms with van der Waals surface area (Å²) in [7, 11) is 3.97. The number of halogens is 1. The summed E-state index contributed by atoms with van der Waals surface area (Å²) < 4.78 is 2.61. The lowest BCUT2D eigenvalue weighted by molar-refractivity contribution is -0.882. The van der Waals surface area contributed by atoms with Crippen molar-refractivity contribution in [3.63, 3.8) is 0 Å². The van der Waals surface area contributed by atoms with Gasteiger partial charge in [0.15, 0.2) is 12.4 Å². The number of benzene rings is 1. The number of amides is 1. The molecule has 0 spiro atoms. The Morgan fingerprint density at radius 2 is 2.00 bits per heavy atom. The van der Waals surface area contributed by atoms with Crippen molar-refractivity contribution >= 4 is 38.4 Å². The average Bonchev–Trinajstić information content (AvgIpc) is 2.84. The number of fused-ring (bicyclic) bond motifs is 1. The van der Waals surface area contributed by atoms with Gasteiger partial charge in [-0.05, 0) is 30.3 Å². The number of aromatic hydroxyl groups is 1. The molecule has 0 fully saturated rings. The molecule has 2 aromatic heterocycles. The second kappa shape index (κ2) is 7.12. The summed E-state index contributed by atoms with van der Waals surface area (Å²) in [6.07, 6.45) is 3.03. The first-order valence-corrected chi connectivity index (χ1v) is 8.42. The van der Waals surface area contributed by atoms with E-state index in [-0.39, 0.29) is 11.6 Å². The fourth-order valence-electron chi connectivity index (χ4n) is 2.52. The van der Waals surface area contributed by atoms with Gasteiger partial charge in [-0.1, -0.05) is 15.9 Å². The van der Waals surface area contributed by atoms with Gasteiger partial charge in [-0.2, -0.15) is 0 Å². The fraction of sp³-hybridized carbons (Fsp3) is 0.176. The van der Waals surface area contributed by atoms with Gasteiger partial charge >= 0.3 is 0 Å². The Hall–Kier alpha value is -2.58. The van der Waals surface area contributed by atoms with Crippen LogP contribution in [0.4, 0.5) is 5.69 Å². The first-order valence-electron chi connectivity index (χ1n) is 7.63. The molecule has 1 aromatic carbocycles. The number of carbonyl (C=O) groups is 1. The zero-order chi connectivity index (χ0) is 18.0. The maximum Gasteiger partial charge on any atom is 0.295 e. The molecule has 0 atom stereocenters. The minimum atomic E-state index is -0.490. The SMILES string of the molecule is C[NH+](C)Cn1c(O)c(N=NC(=O)c2ccncc2)c2cc(Br)ccc21. The molecule has 25 heavy (non-hydrogen) atoms. The van der Waals surface area contributed by atoms with Gasteiger partial charge in [-0.15, -0.1) is 10.2 Å². The first-order chi connectivity index (χ1) is 12.0. The van der Waals surface area contributed by atoms with Crippen molar-refractivity contribution in [2.24, 2.45) is 10.2 Å². The number of quaternary nitrogens is 1. The van der Waals surface area contributed by atoms with Crippen LogP contribution in [0.25, 0.3) is 10.9 Å². The molecule has 0 aliphatic rings. The second-order valence-electron chi connectivity index (χ2n) is 5.87. The predicted octanol–water partition coefficient (Wildman–Crippen LogP) is 2.53. The molecule has 0 bridgehead atoms. The minimum absolute atomic E-state index is 0.0134. The first kappa shape index (κ1) is 17.2. The van der Waals surface area contributed by atoms with Crippen LogP contribution in [0.3, 0.4) is 0 Å². The third-order valence-electron chi connectivity index (χ3n) is 3.61. The third-order valence-corrected chi connectivity index (χ3v) is 4.11. The summed E-state index contributed by atoms with van der Waals surface area (Å²) >= 11 is 3.43. The lowest BCUT2D eigenvalue weighted by atomic mass is 10.2. The van der Waals surface area contributed by atoms with E-state index in [9.17, 15) is 9.90 Å². The molecule has 0 radical (unpaired) electrons. The quantitative estimate of drug-likeness (QED) is 0.657. The van der Waals surface area contributed by atoms with E-state index in [1.165, 1.54) is 12.4 Å². The normalized spacial score (nSPS) is 11.7. The number of rotatable bonds is 4. The van der Waals surface area contributed by atoms with E-state index in [2.05, 4.69) is 31.1 Å². The van der Waals surface area contributed by atoms with Gasteiger partial charge in [0.05, 0.1) is 19.6 Å². The van der Waals surface area contributed by atoms with E-state index in [1.54, 1.807) is 16.7 Å². The minimum Gasteiger partial charge on any atom is -0.493 e. The highest BCUT2D eigenvalue weighted by Gasteiger charge is 2.19. The van der Waals surface area contributed by atoms with Crippen molar-refractivity contribution in [3.05, 3.63) is 52.8 Å². The summed E-state index contributed by atoms with van der Waals surface area (Å²) in [6.45, 7) is 0.553. The van der Waals surface area contributed by atoms with E-state index in [0.717, 1.165) is 20.3 Å². The largest absolute Gasteiger partial charge is 0.493 e. The monoisotopic (exact) mass is 402 g/mol. The standard InChI is InChI=1S/C17H16BrN5O2/c1-22(2)10-23-14-4-3-12(18)9-13(14)15(17(23)25)20-21-16(24)11-5-7-19-8-6-11/h3-9,25H,10H2,1-2H3/p+1. The lowest BCUT2D eigenvalue weighted by Crippen LogP contribution is -3.04. The molecular formula is C17H17BrN5O2+. The Morgan fingerprint density at radius 3 is 2.68 bits per heavy atom. The molecule has 0 aliphatic heterocycles. The van der Waals surface area contributed by atoms with Crippen molar-refractivity contribution in [2.75, 3.05) is 14.1 Å². The van der Waals surface area contributed by atoms with Crippen molar-refractivity contribution < 1.29 is 14.8 Å². The summed E-state index contributed by atoms with van der Waals surface area (Å²) in [5.74, 6) is -0.503. The van der Waals surface area contributed by atoms with Crippen LogP contribution >= 0.6 is 15.9 Å². The van der Waals surface area contributed by atoms with Gasteiger partial charge in [0.25, 0.3) is 5.91 Å². The molecule has 3 rings (SSSR count). The number of hydrogen-bond donors (Lipinski definition) is 2. The molecule has 0 saturated carbocycles.